The quantitative estimate of drug-likeness (QED) is 0.553. The number of fused-ring (bicyclic) bond motifs is 1. The average molecular weight is 452 g/mol. The van der Waals surface area contributed by atoms with E-state index in [0.717, 1.165) is 30.4 Å². The highest BCUT2D eigenvalue weighted by Gasteiger charge is 2.23. The van der Waals surface area contributed by atoms with Crippen molar-refractivity contribution in [3.05, 3.63) is 75.1 Å². The fourth-order valence-electron chi connectivity index (χ4n) is 4.15. The monoisotopic (exact) mass is 451 g/mol. The van der Waals surface area contributed by atoms with E-state index in [9.17, 15) is 18.0 Å². The first-order chi connectivity index (χ1) is 15.3. The smallest absolute Gasteiger partial charge is 0.267 e. The molecule has 2 N–H and O–H groups in total. The molecule has 0 saturated carbocycles. The maximum Gasteiger partial charge on any atom is 0.267 e. The van der Waals surface area contributed by atoms with Crippen molar-refractivity contribution in [2.24, 2.45) is 0 Å². The lowest BCUT2D eigenvalue weighted by Gasteiger charge is -2.18. The van der Waals surface area contributed by atoms with Gasteiger partial charge in [-0.1, -0.05) is 31.2 Å². The molecule has 0 bridgehead atoms. The Bertz CT molecular complexity index is 1360. The molecule has 8 heteroatoms. The number of benzene rings is 2. The number of H-pyrrole nitrogens is 1. The number of aryl methyl sites for hydroxylation is 1. The van der Waals surface area contributed by atoms with E-state index in [2.05, 4.69) is 14.9 Å². The Kier molecular flexibility index (Phi) is 5.97. The van der Waals surface area contributed by atoms with E-state index in [1.165, 1.54) is 13.0 Å². The van der Waals surface area contributed by atoms with E-state index in [1.54, 1.807) is 30.3 Å². The van der Waals surface area contributed by atoms with Gasteiger partial charge in [0.05, 0.1) is 10.6 Å². The van der Waals surface area contributed by atoms with Crippen LogP contribution in [-0.4, -0.2) is 24.4 Å². The summed E-state index contributed by atoms with van der Waals surface area (Å²) in [6.45, 7) is 3.33. The minimum atomic E-state index is -3.92. The molecule has 2 aromatic carbocycles. The van der Waals surface area contributed by atoms with Crippen LogP contribution in [-0.2, 0) is 29.3 Å². The van der Waals surface area contributed by atoms with Gasteiger partial charge in [0, 0.05) is 22.4 Å². The minimum Gasteiger partial charge on any atom is -0.295 e. The van der Waals surface area contributed by atoms with Crippen LogP contribution in [0.4, 0.5) is 5.69 Å². The molecule has 4 rings (SSSR count). The molecule has 7 nitrogen and oxygen atoms in total. The summed E-state index contributed by atoms with van der Waals surface area (Å²) in [6, 6.07) is 11.7. The van der Waals surface area contributed by atoms with E-state index >= 15 is 0 Å². The molecular weight excluding hydrogens is 426 g/mol. The summed E-state index contributed by atoms with van der Waals surface area (Å²) in [5, 5.41) is 6.83. The molecule has 1 aliphatic rings. The summed E-state index contributed by atoms with van der Waals surface area (Å²) >= 11 is 0. The van der Waals surface area contributed by atoms with E-state index < -0.39 is 10.0 Å². The number of anilines is 1. The number of sulfonamides is 1. The summed E-state index contributed by atoms with van der Waals surface area (Å²) in [5.41, 5.74) is 4.16. The van der Waals surface area contributed by atoms with Gasteiger partial charge in [-0.3, -0.25) is 14.3 Å². The fourth-order valence-corrected chi connectivity index (χ4v) is 5.54. The molecule has 32 heavy (non-hydrogen) atoms. The van der Waals surface area contributed by atoms with Gasteiger partial charge in [-0.25, -0.2) is 13.5 Å². The van der Waals surface area contributed by atoms with Crippen LogP contribution in [0.2, 0.25) is 0 Å². The zero-order valence-corrected chi connectivity index (χ0v) is 18.9. The van der Waals surface area contributed by atoms with Crippen molar-refractivity contribution >= 4 is 21.5 Å². The first kappa shape index (κ1) is 22.0. The van der Waals surface area contributed by atoms with Crippen molar-refractivity contribution in [1.82, 2.24) is 10.2 Å². The first-order valence-electron chi connectivity index (χ1n) is 10.7. The van der Waals surface area contributed by atoms with Crippen LogP contribution in [0.5, 0.6) is 0 Å². The van der Waals surface area contributed by atoms with Crippen LogP contribution in [0.25, 0.3) is 11.3 Å². The Hall–Kier alpha value is -3.26. The van der Waals surface area contributed by atoms with Crippen LogP contribution in [0.15, 0.2) is 52.2 Å². The van der Waals surface area contributed by atoms with Crippen molar-refractivity contribution in [1.29, 1.82) is 0 Å². The Morgan fingerprint density at radius 3 is 2.56 bits per heavy atom. The lowest BCUT2D eigenvalue weighted by molar-refractivity contribution is 0.101. The standard InChI is InChI=1S/C24H25N3O4S/c1-3-16-11-12-18(23-20-9-4-5-10-21(20)24(29)26-25-23)14-22(16)32(30,31)27-19-8-6-7-17(13-19)15(2)28/h6-8,11-14,27H,3-5,9-10H2,1-2H3,(H,26,29). The van der Waals surface area contributed by atoms with Gasteiger partial charge in [-0.05, 0) is 68.4 Å². The molecule has 0 unspecified atom stereocenters. The lowest BCUT2D eigenvalue weighted by Crippen LogP contribution is -2.21. The molecular formula is C24H25N3O4S. The molecule has 0 aliphatic heterocycles. The van der Waals surface area contributed by atoms with Crippen LogP contribution < -0.4 is 10.3 Å². The second-order valence-corrected chi connectivity index (χ2v) is 9.63. The number of hydrogen-bond acceptors (Lipinski definition) is 5. The topological polar surface area (TPSA) is 109 Å². The van der Waals surface area contributed by atoms with Crippen LogP contribution in [0.3, 0.4) is 0 Å². The van der Waals surface area contributed by atoms with Gasteiger partial charge in [0.2, 0.25) is 0 Å². The number of hydrogen-bond donors (Lipinski definition) is 2. The molecule has 0 radical (unpaired) electrons. The molecule has 0 atom stereocenters. The number of nitrogens with one attached hydrogen (secondary N) is 2. The molecule has 0 fully saturated rings. The molecule has 3 aromatic rings. The third kappa shape index (κ3) is 4.23. The van der Waals surface area contributed by atoms with Crippen molar-refractivity contribution in [2.45, 2.75) is 50.8 Å². The molecule has 0 saturated heterocycles. The summed E-state index contributed by atoms with van der Waals surface area (Å²) in [5.74, 6) is -0.142. The number of aromatic amines is 1. The van der Waals surface area contributed by atoms with Crippen molar-refractivity contribution in [3.63, 3.8) is 0 Å². The number of aromatic nitrogens is 2. The number of nitrogens with zero attached hydrogens (tertiary/aromatic N) is 1. The van der Waals surface area contributed by atoms with Crippen molar-refractivity contribution < 1.29 is 13.2 Å². The minimum absolute atomic E-state index is 0.142. The average Bonchev–Trinajstić information content (AvgIpc) is 2.79. The Morgan fingerprint density at radius 2 is 1.84 bits per heavy atom. The molecule has 1 aromatic heterocycles. The molecule has 166 valence electrons. The highest BCUT2D eigenvalue weighted by atomic mass is 32.2. The second kappa shape index (κ2) is 8.70. The second-order valence-electron chi connectivity index (χ2n) is 7.98. The van der Waals surface area contributed by atoms with Gasteiger partial charge < -0.3 is 0 Å². The van der Waals surface area contributed by atoms with Crippen LogP contribution in [0.1, 0.15) is 53.7 Å². The molecule has 0 spiro atoms. The zero-order valence-electron chi connectivity index (χ0n) is 18.1. The number of carbonyl (C=O) groups is 1. The summed E-state index contributed by atoms with van der Waals surface area (Å²) < 4.78 is 29.2. The largest absolute Gasteiger partial charge is 0.295 e. The molecule has 1 aliphatic carbocycles. The number of ketones is 1. The van der Waals surface area contributed by atoms with Gasteiger partial charge in [-0.2, -0.15) is 5.10 Å². The SMILES string of the molecule is CCc1ccc(-c2n[nH]c(=O)c3c2CCCC3)cc1S(=O)(=O)Nc1cccc(C(C)=O)c1. The van der Waals surface area contributed by atoms with Crippen molar-refractivity contribution in [2.75, 3.05) is 4.72 Å². The predicted octanol–water partition coefficient (Wildman–Crippen LogP) is 3.88. The van der Waals surface area contributed by atoms with Gasteiger partial charge in [0.15, 0.2) is 5.78 Å². The Labute approximate surface area is 187 Å². The van der Waals surface area contributed by atoms with E-state index in [0.29, 0.717) is 40.9 Å². The van der Waals surface area contributed by atoms with E-state index in [1.807, 2.05) is 13.0 Å². The summed E-state index contributed by atoms with van der Waals surface area (Å²) in [7, 11) is -3.92. The summed E-state index contributed by atoms with van der Waals surface area (Å²) in [6.07, 6.45) is 3.90. The highest BCUT2D eigenvalue weighted by Crippen LogP contribution is 2.31. The zero-order chi connectivity index (χ0) is 22.9. The normalized spacial score (nSPS) is 13.4. The van der Waals surface area contributed by atoms with Gasteiger partial charge in [0.1, 0.15) is 0 Å². The molecule has 1 heterocycles. The van der Waals surface area contributed by atoms with Crippen LogP contribution >= 0.6 is 0 Å². The number of rotatable bonds is 6. The third-order valence-electron chi connectivity index (χ3n) is 5.83. The maximum atomic E-state index is 13.3. The van der Waals surface area contributed by atoms with Crippen molar-refractivity contribution in [3.8, 4) is 11.3 Å². The Morgan fingerprint density at radius 1 is 1.09 bits per heavy atom. The number of carbonyl (C=O) groups excluding carboxylic acids is 1. The van der Waals surface area contributed by atoms with E-state index in [4.69, 9.17) is 0 Å². The predicted molar refractivity (Wildman–Crippen MR) is 124 cm³/mol. The van der Waals surface area contributed by atoms with Gasteiger partial charge in [-0.15, -0.1) is 0 Å². The highest BCUT2D eigenvalue weighted by molar-refractivity contribution is 7.92. The fraction of sp³-hybridized carbons (Fsp3) is 0.292. The Balaban J connectivity index is 1.79. The summed E-state index contributed by atoms with van der Waals surface area (Å²) in [4.78, 5) is 24.0. The van der Waals surface area contributed by atoms with Gasteiger partial charge in [0.25, 0.3) is 15.6 Å². The number of Topliss-reactive ketones (excluding diaryl/α,β-unsaturated/α-hetero) is 1. The molecule has 0 amide bonds. The first-order valence-corrected chi connectivity index (χ1v) is 12.2. The maximum absolute atomic E-state index is 13.3. The van der Waals surface area contributed by atoms with E-state index in [-0.39, 0.29) is 16.2 Å². The lowest BCUT2D eigenvalue weighted by atomic mass is 9.89. The van der Waals surface area contributed by atoms with Crippen LogP contribution in [0, 0.1) is 0 Å². The third-order valence-corrected chi connectivity index (χ3v) is 7.29. The van der Waals surface area contributed by atoms with Gasteiger partial charge >= 0.3 is 0 Å².